The molecule has 4 aromatic rings. The normalized spacial score (nSPS) is 27.4. The summed E-state index contributed by atoms with van der Waals surface area (Å²) in [6, 6.07) is 16.2. The molecule has 10 heteroatoms. The van der Waals surface area contributed by atoms with Crippen molar-refractivity contribution in [3.05, 3.63) is 58.4 Å². The Bertz CT molecular complexity index is 1990. The van der Waals surface area contributed by atoms with Crippen LogP contribution in [0.5, 0.6) is 11.6 Å². The minimum absolute atomic E-state index is 0.0324. The quantitative estimate of drug-likeness (QED) is 0.310. The molecule has 0 radical (unpaired) electrons. The Morgan fingerprint density at radius 1 is 1.11 bits per heavy atom. The number of nitrogens with zero attached hydrogens (tertiary/aromatic N) is 5. The monoisotopic (exact) mass is 620 g/mol. The Hall–Kier alpha value is -4.20. The first-order valence-electron chi connectivity index (χ1n) is 16.7. The van der Waals surface area contributed by atoms with Gasteiger partial charge in [-0.2, -0.15) is 5.26 Å². The van der Waals surface area contributed by atoms with Crippen molar-refractivity contribution in [1.82, 2.24) is 19.8 Å². The van der Waals surface area contributed by atoms with E-state index >= 15 is 0 Å². The number of fused-ring (bicyclic) bond motifs is 5. The van der Waals surface area contributed by atoms with Crippen LogP contribution in [-0.2, 0) is 0 Å². The van der Waals surface area contributed by atoms with Gasteiger partial charge in [0.1, 0.15) is 30.2 Å². The fourth-order valence-corrected chi connectivity index (χ4v) is 8.87. The molecular formula is C36H37FN6O3. The molecule has 9 rings (SSSR count). The van der Waals surface area contributed by atoms with Gasteiger partial charge in [0.15, 0.2) is 0 Å². The largest absolute Gasteiger partial charge is 0.508 e. The van der Waals surface area contributed by atoms with Gasteiger partial charge in [-0.25, -0.2) is 9.37 Å². The maximum Gasteiger partial charge on any atom is 0.262 e. The Labute approximate surface area is 266 Å². The highest BCUT2D eigenvalue weighted by Crippen LogP contribution is 2.45. The second-order valence-electron chi connectivity index (χ2n) is 14.1. The average Bonchev–Trinajstić information content (AvgIpc) is 3.62. The molecule has 0 spiro atoms. The Morgan fingerprint density at radius 3 is 2.70 bits per heavy atom. The van der Waals surface area contributed by atoms with Crippen LogP contribution in [0.1, 0.15) is 56.6 Å². The number of ether oxygens (including phenoxy) is 1. The number of alkyl halides is 1. The maximum absolute atomic E-state index is 14.8. The zero-order valence-electron chi connectivity index (χ0n) is 25.7. The number of piperazine rings is 1. The van der Waals surface area contributed by atoms with E-state index in [0.717, 1.165) is 61.4 Å². The number of aromatic nitrogens is 2. The number of phenols is 1. The first kappa shape index (κ1) is 28.1. The van der Waals surface area contributed by atoms with Crippen molar-refractivity contribution < 1.29 is 14.2 Å². The third kappa shape index (κ3) is 4.39. The smallest absolute Gasteiger partial charge is 0.262 e. The standard InChI is InChI=1S/C36H37FN6O3/c37-22-15-36(10-3-11-42(36)17-22)20-46-34-29(16-38)33(41-18-23-6-7-24(19-41)39-23)32-30(40-34)14-31(43(35(32)45)25-8-9-25)28-13-26(44)12-21-4-1-2-5-27(21)28/h1-2,4-5,12-14,22-25,39,44H,3,6-11,15,17-20H2/t22-,23?,24?,36+/m1/s1. The van der Waals surface area contributed by atoms with Crippen LogP contribution in [0.25, 0.3) is 32.9 Å². The summed E-state index contributed by atoms with van der Waals surface area (Å²) < 4.78 is 23.0. The van der Waals surface area contributed by atoms with Crippen LogP contribution in [0.3, 0.4) is 0 Å². The summed E-state index contributed by atoms with van der Waals surface area (Å²) in [7, 11) is 0. The lowest BCUT2D eigenvalue weighted by molar-refractivity contribution is 0.110. The lowest BCUT2D eigenvalue weighted by atomic mass is 9.95. The molecule has 46 heavy (non-hydrogen) atoms. The molecule has 4 saturated heterocycles. The lowest BCUT2D eigenvalue weighted by Gasteiger charge is -2.36. The molecule has 2 aromatic carbocycles. The second kappa shape index (κ2) is 10.4. The molecule has 5 fully saturated rings. The van der Waals surface area contributed by atoms with Gasteiger partial charge < -0.3 is 24.6 Å². The van der Waals surface area contributed by atoms with Gasteiger partial charge in [0.05, 0.1) is 27.8 Å². The summed E-state index contributed by atoms with van der Waals surface area (Å²) in [6.07, 6.45) is 5.24. The molecule has 0 amide bonds. The predicted molar refractivity (Wildman–Crippen MR) is 174 cm³/mol. The van der Waals surface area contributed by atoms with Gasteiger partial charge in [-0.3, -0.25) is 9.69 Å². The number of rotatable bonds is 6. The first-order chi connectivity index (χ1) is 22.4. The zero-order valence-corrected chi connectivity index (χ0v) is 25.7. The van der Waals surface area contributed by atoms with Crippen molar-refractivity contribution in [3.63, 3.8) is 0 Å². The van der Waals surface area contributed by atoms with Gasteiger partial charge in [0.25, 0.3) is 5.56 Å². The fourth-order valence-electron chi connectivity index (χ4n) is 8.87. The van der Waals surface area contributed by atoms with Gasteiger partial charge in [-0.1, -0.05) is 24.3 Å². The van der Waals surface area contributed by atoms with Crippen molar-refractivity contribution in [2.75, 3.05) is 37.7 Å². The number of nitrogens with one attached hydrogen (secondary N) is 1. The van der Waals surface area contributed by atoms with Crippen molar-refractivity contribution >= 4 is 27.4 Å². The highest BCUT2D eigenvalue weighted by atomic mass is 19.1. The number of aromatic hydroxyl groups is 1. The SMILES string of the molecule is N#Cc1c(OC[C@@]23CCCN2C[C@H](F)C3)nc2cc(-c3cc(O)cc4ccccc34)n(C3CC3)c(=O)c2c1N1CC2CCC(C1)N2. The number of phenolic OH excluding ortho intramolecular Hbond substituents is 1. The second-order valence-corrected chi connectivity index (χ2v) is 14.1. The van der Waals surface area contributed by atoms with Crippen molar-refractivity contribution in [2.24, 2.45) is 0 Å². The van der Waals surface area contributed by atoms with Crippen molar-refractivity contribution in [1.29, 1.82) is 5.26 Å². The van der Waals surface area contributed by atoms with Gasteiger partial charge in [0, 0.05) is 49.7 Å². The molecule has 4 atom stereocenters. The summed E-state index contributed by atoms with van der Waals surface area (Å²) >= 11 is 0. The molecule has 9 nitrogen and oxygen atoms in total. The summed E-state index contributed by atoms with van der Waals surface area (Å²) in [6.45, 7) is 2.88. The van der Waals surface area contributed by atoms with E-state index in [1.54, 1.807) is 12.1 Å². The highest BCUT2D eigenvalue weighted by Gasteiger charge is 2.49. The van der Waals surface area contributed by atoms with Gasteiger partial charge >= 0.3 is 0 Å². The van der Waals surface area contributed by atoms with Crippen LogP contribution in [0.15, 0.2) is 47.3 Å². The van der Waals surface area contributed by atoms with Crippen LogP contribution < -0.4 is 20.5 Å². The van der Waals surface area contributed by atoms with E-state index in [0.29, 0.717) is 48.3 Å². The predicted octanol–water partition coefficient (Wildman–Crippen LogP) is 5.02. The van der Waals surface area contributed by atoms with Gasteiger partial charge in [-0.05, 0) is 74.0 Å². The van der Waals surface area contributed by atoms with E-state index in [4.69, 9.17) is 9.72 Å². The van der Waals surface area contributed by atoms with Crippen LogP contribution in [0.4, 0.5) is 10.1 Å². The molecule has 2 N–H and O–H groups in total. The number of hydrogen-bond donors (Lipinski definition) is 2. The number of benzene rings is 2. The Kier molecular flexibility index (Phi) is 6.35. The molecule has 2 unspecified atom stereocenters. The molecule has 2 bridgehead atoms. The van der Waals surface area contributed by atoms with Gasteiger partial charge in [0.2, 0.25) is 5.88 Å². The van der Waals surface area contributed by atoms with E-state index in [9.17, 15) is 19.6 Å². The average molecular weight is 621 g/mol. The van der Waals surface area contributed by atoms with Crippen LogP contribution >= 0.6 is 0 Å². The zero-order chi connectivity index (χ0) is 31.2. The molecule has 2 aromatic heterocycles. The van der Waals surface area contributed by atoms with Gasteiger partial charge in [-0.15, -0.1) is 0 Å². The molecular weight excluding hydrogens is 583 g/mol. The third-order valence-corrected chi connectivity index (χ3v) is 11.0. The number of hydrogen-bond acceptors (Lipinski definition) is 8. The molecule has 1 saturated carbocycles. The van der Waals surface area contributed by atoms with E-state index in [1.807, 2.05) is 34.9 Å². The molecule has 236 valence electrons. The van der Waals surface area contributed by atoms with Crippen LogP contribution in [-0.4, -0.2) is 76.1 Å². The number of anilines is 1. The van der Waals surface area contributed by atoms with Crippen molar-refractivity contribution in [2.45, 2.75) is 74.8 Å². The van der Waals surface area contributed by atoms with E-state index in [-0.39, 0.29) is 47.5 Å². The van der Waals surface area contributed by atoms with Crippen LogP contribution in [0.2, 0.25) is 0 Å². The Morgan fingerprint density at radius 2 is 1.91 bits per heavy atom. The lowest BCUT2D eigenvalue weighted by Crippen LogP contribution is -2.51. The topological polar surface area (TPSA) is 107 Å². The van der Waals surface area contributed by atoms with Crippen molar-refractivity contribution in [3.8, 4) is 29.0 Å². The van der Waals surface area contributed by atoms with Crippen LogP contribution in [0, 0.1) is 11.3 Å². The fraction of sp³-hybridized carbons (Fsp3) is 0.472. The first-order valence-corrected chi connectivity index (χ1v) is 16.7. The number of nitriles is 1. The molecule has 1 aliphatic carbocycles. The summed E-state index contributed by atoms with van der Waals surface area (Å²) in [5.41, 5.74) is 2.22. The molecule has 6 heterocycles. The molecule has 5 aliphatic rings. The summed E-state index contributed by atoms with van der Waals surface area (Å²) in [5.74, 6) is 0.329. The maximum atomic E-state index is 14.8. The minimum atomic E-state index is -0.892. The summed E-state index contributed by atoms with van der Waals surface area (Å²) in [4.78, 5) is 24.2. The van der Waals surface area contributed by atoms with E-state index in [2.05, 4.69) is 21.2 Å². The van der Waals surface area contributed by atoms with E-state index in [1.165, 1.54) is 0 Å². The highest BCUT2D eigenvalue weighted by molar-refractivity contribution is 6.01. The number of pyridine rings is 2. The number of halogens is 1. The van der Waals surface area contributed by atoms with E-state index < -0.39 is 11.7 Å². The minimum Gasteiger partial charge on any atom is -0.508 e. The third-order valence-electron chi connectivity index (χ3n) is 11.0. The summed E-state index contributed by atoms with van der Waals surface area (Å²) in [5, 5.41) is 27.4. The Balaban J connectivity index is 1.27. The molecule has 4 aliphatic heterocycles.